The third-order valence-electron chi connectivity index (χ3n) is 4.86. The zero-order chi connectivity index (χ0) is 20.0. The molecule has 8 heteroatoms. The molecule has 1 atom stereocenters. The molecule has 0 bridgehead atoms. The summed E-state index contributed by atoms with van der Waals surface area (Å²) in [6, 6.07) is 9.56. The number of nitrogens with zero attached hydrogens (tertiary/aromatic N) is 1. The Morgan fingerprint density at radius 1 is 1.25 bits per heavy atom. The van der Waals surface area contributed by atoms with Crippen molar-refractivity contribution in [2.24, 2.45) is 0 Å². The molecule has 1 aliphatic heterocycles. The number of rotatable bonds is 8. The number of likely N-dealkylation sites (tertiary alicyclic amines) is 1. The normalized spacial score (nSPS) is 18.1. The summed E-state index contributed by atoms with van der Waals surface area (Å²) in [6.07, 6.45) is 5.46. The Bertz CT molecular complexity index is 879. The maximum atomic E-state index is 12.8. The van der Waals surface area contributed by atoms with Gasteiger partial charge in [0.25, 0.3) is 0 Å². The molecule has 28 heavy (non-hydrogen) atoms. The molecule has 2 heterocycles. The van der Waals surface area contributed by atoms with E-state index in [1.54, 1.807) is 24.3 Å². The molecule has 0 spiro atoms. The Morgan fingerprint density at radius 2 is 2.11 bits per heavy atom. The lowest BCUT2D eigenvalue weighted by molar-refractivity contribution is -0.122. The largest absolute Gasteiger partial charge is 0.468 e. The van der Waals surface area contributed by atoms with Crippen LogP contribution in [0.2, 0.25) is 0 Å². The quantitative estimate of drug-likeness (QED) is 0.704. The zero-order valence-corrected chi connectivity index (χ0v) is 16.9. The van der Waals surface area contributed by atoms with Gasteiger partial charge in [-0.25, -0.2) is 13.1 Å². The highest BCUT2D eigenvalue weighted by Crippen LogP contribution is 2.21. The van der Waals surface area contributed by atoms with Crippen molar-refractivity contribution in [3.63, 3.8) is 0 Å². The van der Waals surface area contributed by atoms with Crippen LogP contribution in [-0.4, -0.2) is 38.4 Å². The average molecular weight is 406 g/mol. The molecule has 1 saturated heterocycles. The second-order valence-electron chi connectivity index (χ2n) is 6.97. The topological polar surface area (TPSA) is 91.7 Å². The summed E-state index contributed by atoms with van der Waals surface area (Å²) < 4.78 is 32.7. The number of nitrogens with one attached hydrogen (secondary N) is 2. The van der Waals surface area contributed by atoms with Gasteiger partial charge in [0.1, 0.15) is 5.76 Å². The van der Waals surface area contributed by atoms with Crippen molar-refractivity contribution in [2.75, 3.05) is 18.4 Å². The number of hydrogen-bond donors (Lipinski definition) is 2. The van der Waals surface area contributed by atoms with E-state index in [1.165, 1.54) is 18.4 Å². The maximum Gasteiger partial charge on any atom is 0.241 e. The number of sulfonamides is 1. The molecule has 1 unspecified atom stereocenters. The van der Waals surface area contributed by atoms with Gasteiger partial charge in [0.15, 0.2) is 0 Å². The monoisotopic (exact) mass is 405 g/mol. The molecule has 152 valence electrons. The third-order valence-corrected chi connectivity index (χ3v) is 6.25. The fourth-order valence-corrected chi connectivity index (χ4v) is 4.51. The maximum absolute atomic E-state index is 12.8. The predicted molar refractivity (Wildman–Crippen MR) is 107 cm³/mol. The second-order valence-corrected chi connectivity index (χ2v) is 8.74. The van der Waals surface area contributed by atoms with Crippen LogP contribution in [0.15, 0.2) is 52.0 Å². The first-order valence-electron chi connectivity index (χ1n) is 9.66. The van der Waals surface area contributed by atoms with Gasteiger partial charge >= 0.3 is 0 Å². The minimum absolute atomic E-state index is 0.0694. The molecule has 1 aromatic heterocycles. The predicted octanol–water partition coefficient (Wildman–Crippen LogP) is 2.96. The van der Waals surface area contributed by atoms with Crippen molar-refractivity contribution >= 4 is 21.6 Å². The van der Waals surface area contributed by atoms with Gasteiger partial charge < -0.3 is 9.73 Å². The molecule has 7 nitrogen and oxygen atoms in total. The van der Waals surface area contributed by atoms with E-state index in [1.807, 2.05) is 0 Å². The Kier molecular flexibility index (Phi) is 6.88. The van der Waals surface area contributed by atoms with Gasteiger partial charge in [0, 0.05) is 5.69 Å². The lowest BCUT2D eigenvalue weighted by Crippen LogP contribution is -2.47. The van der Waals surface area contributed by atoms with Gasteiger partial charge in [-0.05, 0) is 62.7 Å². The molecular formula is C20H27N3O4S. The first-order chi connectivity index (χ1) is 13.5. The molecule has 1 fully saturated rings. The highest BCUT2D eigenvalue weighted by Gasteiger charge is 2.28. The van der Waals surface area contributed by atoms with Gasteiger partial charge in [0.2, 0.25) is 15.9 Å². The first-order valence-corrected chi connectivity index (χ1v) is 11.1. The lowest BCUT2D eigenvalue weighted by atomic mass is 10.0. The van der Waals surface area contributed by atoms with Crippen LogP contribution < -0.4 is 10.0 Å². The molecule has 1 amide bonds. The van der Waals surface area contributed by atoms with E-state index >= 15 is 0 Å². The number of furan rings is 1. The SMILES string of the molecule is CCCN1CCCCC1C(=O)Nc1cccc(S(=O)(=O)NCc2ccco2)c1. The summed E-state index contributed by atoms with van der Waals surface area (Å²) in [5, 5.41) is 2.89. The molecule has 1 aromatic carbocycles. The van der Waals surface area contributed by atoms with Crippen LogP contribution in [0.3, 0.4) is 0 Å². The number of piperidine rings is 1. The lowest BCUT2D eigenvalue weighted by Gasteiger charge is -2.34. The van der Waals surface area contributed by atoms with Crippen molar-refractivity contribution in [1.82, 2.24) is 9.62 Å². The highest BCUT2D eigenvalue weighted by atomic mass is 32.2. The average Bonchev–Trinajstić information content (AvgIpc) is 3.21. The molecule has 0 saturated carbocycles. The van der Waals surface area contributed by atoms with Gasteiger partial charge in [-0.2, -0.15) is 0 Å². The molecule has 3 rings (SSSR count). The van der Waals surface area contributed by atoms with E-state index in [0.29, 0.717) is 11.4 Å². The Morgan fingerprint density at radius 3 is 2.86 bits per heavy atom. The number of carbonyl (C=O) groups excluding carboxylic acids is 1. The summed E-state index contributed by atoms with van der Waals surface area (Å²) in [7, 11) is -3.71. The fourth-order valence-electron chi connectivity index (χ4n) is 3.47. The smallest absolute Gasteiger partial charge is 0.241 e. The minimum atomic E-state index is -3.71. The van der Waals surface area contributed by atoms with E-state index in [9.17, 15) is 13.2 Å². The number of carbonyl (C=O) groups is 1. The molecular weight excluding hydrogens is 378 g/mol. The first kappa shape index (κ1) is 20.6. The van der Waals surface area contributed by atoms with Crippen LogP contribution in [0.25, 0.3) is 0 Å². The van der Waals surface area contributed by atoms with Crippen molar-refractivity contribution in [1.29, 1.82) is 0 Å². The summed E-state index contributed by atoms with van der Waals surface area (Å²) in [6.45, 7) is 3.99. The Hall–Kier alpha value is -2.16. The van der Waals surface area contributed by atoms with Crippen molar-refractivity contribution < 1.29 is 17.6 Å². The Labute approximate surface area is 166 Å². The highest BCUT2D eigenvalue weighted by molar-refractivity contribution is 7.89. The summed E-state index contributed by atoms with van der Waals surface area (Å²) in [5.41, 5.74) is 0.480. The molecule has 1 aliphatic rings. The number of anilines is 1. The Balaban J connectivity index is 1.67. The number of benzene rings is 1. The van der Waals surface area contributed by atoms with Crippen LogP contribution in [0.5, 0.6) is 0 Å². The van der Waals surface area contributed by atoms with Crippen LogP contribution in [0, 0.1) is 0 Å². The fraction of sp³-hybridized carbons (Fsp3) is 0.450. The van der Waals surface area contributed by atoms with Crippen molar-refractivity contribution in [3.8, 4) is 0 Å². The van der Waals surface area contributed by atoms with E-state index in [4.69, 9.17) is 4.42 Å². The molecule has 2 N–H and O–H groups in total. The van der Waals surface area contributed by atoms with Crippen LogP contribution >= 0.6 is 0 Å². The van der Waals surface area contributed by atoms with Gasteiger partial charge in [-0.3, -0.25) is 9.69 Å². The van der Waals surface area contributed by atoms with E-state index in [2.05, 4.69) is 21.9 Å². The summed E-state index contributed by atoms with van der Waals surface area (Å²) in [5.74, 6) is 0.451. The van der Waals surface area contributed by atoms with Crippen LogP contribution in [0.1, 0.15) is 38.4 Å². The zero-order valence-electron chi connectivity index (χ0n) is 16.1. The van der Waals surface area contributed by atoms with Gasteiger partial charge in [-0.1, -0.05) is 19.4 Å². The van der Waals surface area contributed by atoms with E-state index in [0.717, 1.165) is 38.8 Å². The molecule has 2 aromatic rings. The third kappa shape index (κ3) is 5.21. The minimum Gasteiger partial charge on any atom is -0.468 e. The van der Waals surface area contributed by atoms with E-state index < -0.39 is 10.0 Å². The summed E-state index contributed by atoms with van der Waals surface area (Å²) >= 11 is 0. The van der Waals surface area contributed by atoms with Crippen molar-refractivity contribution in [2.45, 2.75) is 50.1 Å². The standard InChI is InChI=1S/C20H27N3O4S/c1-2-11-23-12-4-3-10-19(23)20(24)22-16-7-5-9-18(14-16)28(25,26)21-15-17-8-6-13-27-17/h5-9,13-14,19,21H,2-4,10-12,15H2,1H3,(H,22,24). The van der Waals surface area contributed by atoms with Crippen LogP contribution in [0.4, 0.5) is 5.69 Å². The number of amides is 1. The second kappa shape index (κ2) is 9.36. The van der Waals surface area contributed by atoms with Gasteiger partial charge in [0.05, 0.1) is 23.7 Å². The van der Waals surface area contributed by atoms with Crippen molar-refractivity contribution in [3.05, 3.63) is 48.4 Å². The summed E-state index contributed by atoms with van der Waals surface area (Å²) in [4.78, 5) is 15.1. The van der Waals surface area contributed by atoms with Crippen LogP contribution in [-0.2, 0) is 21.4 Å². The van der Waals surface area contributed by atoms with Gasteiger partial charge in [-0.15, -0.1) is 0 Å². The molecule has 0 aliphatic carbocycles. The number of hydrogen-bond acceptors (Lipinski definition) is 5. The molecule has 0 radical (unpaired) electrons. The van der Waals surface area contributed by atoms with E-state index in [-0.39, 0.29) is 23.4 Å².